The van der Waals surface area contributed by atoms with Crippen LogP contribution >= 0.6 is 8.07 Å². The molecule has 2 heteroatoms. The summed E-state index contributed by atoms with van der Waals surface area (Å²) >= 11 is 0. The standard InChI is InChI=1S/C5H8NP/c1-2-5-4-7(5)6-3-1/h4,6H,1-3H2. The molecule has 0 aromatic carbocycles. The Morgan fingerprint density at radius 2 is 2.71 bits per heavy atom. The lowest BCUT2D eigenvalue weighted by atomic mass is 10.3. The van der Waals surface area contributed by atoms with E-state index in [1.54, 1.807) is 5.31 Å². The molecule has 1 fully saturated rings. The lowest BCUT2D eigenvalue weighted by molar-refractivity contribution is 0.791. The van der Waals surface area contributed by atoms with Crippen LogP contribution < -0.4 is 5.09 Å². The number of rotatable bonds is 0. The minimum Gasteiger partial charge on any atom is -0.289 e. The van der Waals surface area contributed by atoms with E-state index in [2.05, 4.69) is 10.9 Å². The van der Waals surface area contributed by atoms with Gasteiger partial charge in [0.1, 0.15) is 0 Å². The Bertz CT molecular complexity index is 119. The molecule has 7 heavy (non-hydrogen) atoms. The molecule has 38 valence electrons. The molecule has 1 N–H and O–H groups in total. The van der Waals surface area contributed by atoms with E-state index in [0.717, 1.165) is 0 Å². The fourth-order valence-corrected chi connectivity index (χ4v) is 2.56. The fourth-order valence-electron chi connectivity index (χ4n) is 0.921. The molecule has 2 aliphatic heterocycles. The van der Waals surface area contributed by atoms with Crippen LogP contribution in [0, 0.1) is 0 Å². The van der Waals surface area contributed by atoms with Crippen molar-refractivity contribution in [3.63, 3.8) is 0 Å². The number of nitrogens with one attached hydrogen (secondary N) is 1. The summed E-state index contributed by atoms with van der Waals surface area (Å²) in [4.78, 5) is 0. The summed E-state index contributed by atoms with van der Waals surface area (Å²) in [5, 5.41) is 5.14. The molecule has 2 aliphatic rings. The molecule has 2 heterocycles. The molecule has 1 unspecified atom stereocenters. The Hall–Kier alpha value is 0.130. The third-order valence-electron chi connectivity index (χ3n) is 1.41. The van der Waals surface area contributed by atoms with E-state index in [1.165, 1.54) is 19.4 Å². The first-order valence-corrected chi connectivity index (χ1v) is 4.11. The van der Waals surface area contributed by atoms with Crippen molar-refractivity contribution in [2.24, 2.45) is 0 Å². The molecule has 0 bridgehead atoms. The lowest BCUT2D eigenvalue weighted by Crippen LogP contribution is -2.07. The van der Waals surface area contributed by atoms with Crippen molar-refractivity contribution in [2.45, 2.75) is 12.8 Å². The summed E-state index contributed by atoms with van der Waals surface area (Å²) in [5.41, 5.74) is 0. The molecular weight excluding hydrogens is 105 g/mol. The summed E-state index contributed by atoms with van der Waals surface area (Å²) in [6, 6.07) is 0. The largest absolute Gasteiger partial charge is 0.289 e. The Morgan fingerprint density at radius 3 is 3.29 bits per heavy atom. The van der Waals surface area contributed by atoms with Gasteiger partial charge in [0, 0.05) is 8.07 Å². The number of hydrogen-bond donors (Lipinski definition) is 1. The van der Waals surface area contributed by atoms with Crippen LogP contribution in [0.3, 0.4) is 0 Å². The Morgan fingerprint density at radius 1 is 1.71 bits per heavy atom. The molecule has 1 atom stereocenters. The van der Waals surface area contributed by atoms with Gasteiger partial charge < -0.3 is 0 Å². The summed E-state index contributed by atoms with van der Waals surface area (Å²) in [6.07, 6.45) is 2.75. The van der Waals surface area contributed by atoms with E-state index in [1.807, 2.05) is 0 Å². The van der Waals surface area contributed by atoms with Gasteiger partial charge in [-0.2, -0.15) is 0 Å². The molecule has 0 aromatic rings. The quantitative estimate of drug-likeness (QED) is 0.471. The van der Waals surface area contributed by atoms with Crippen molar-refractivity contribution in [1.29, 1.82) is 0 Å². The van der Waals surface area contributed by atoms with Crippen LogP contribution in [0.4, 0.5) is 0 Å². The first kappa shape index (κ1) is 4.05. The third kappa shape index (κ3) is 0.607. The van der Waals surface area contributed by atoms with Crippen LogP contribution in [0.1, 0.15) is 12.8 Å². The van der Waals surface area contributed by atoms with Gasteiger partial charge in [-0.15, -0.1) is 0 Å². The normalized spacial score (nSPS) is 36.6. The van der Waals surface area contributed by atoms with Gasteiger partial charge in [0.2, 0.25) is 0 Å². The van der Waals surface area contributed by atoms with Gasteiger partial charge in [0.15, 0.2) is 0 Å². The average Bonchev–Trinajstić information content (AvgIpc) is 2.41. The second kappa shape index (κ2) is 1.30. The highest BCUT2D eigenvalue weighted by molar-refractivity contribution is 7.70. The summed E-state index contributed by atoms with van der Waals surface area (Å²) in [7, 11) is 0.217. The highest BCUT2D eigenvalue weighted by atomic mass is 31.1. The fraction of sp³-hybridized carbons (Fsp3) is 0.600. The number of hydrogen-bond acceptors (Lipinski definition) is 1. The highest BCUT2D eigenvalue weighted by Crippen LogP contribution is 2.61. The number of fused-ring (bicyclic) bond motifs is 1. The monoisotopic (exact) mass is 113 g/mol. The zero-order valence-electron chi connectivity index (χ0n) is 4.15. The molecule has 1 nitrogen and oxygen atoms in total. The Labute approximate surface area is 44.6 Å². The molecule has 0 aliphatic carbocycles. The van der Waals surface area contributed by atoms with Crippen molar-refractivity contribution < 1.29 is 0 Å². The van der Waals surface area contributed by atoms with Gasteiger partial charge in [0.05, 0.1) is 0 Å². The van der Waals surface area contributed by atoms with E-state index in [4.69, 9.17) is 0 Å². The molecule has 0 spiro atoms. The molecule has 0 saturated carbocycles. The smallest absolute Gasteiger partial charge is 0.0140 e. The lowest BCUT2D eigenvalue weighted by Gasteiger charge is -2.08. The third-order valence-corrected chi connectivity index (χ3v) is 3.24. The zero-order chi connectivity index (χ0) is 4.69. The summed E-state index contributed by atoms with van der Waals surface area (Å²) in [6.45, 7) is 1.26. The average molecular weight is 113 g/mol. The zero-order valence-corrected chi connectivity index (χ0v) is 5.04. The first-order valence-electron chi connectivity index (χ1n) is 2.70. The van der Waals surface area contributed by atoms with E-state index in [0.29, 0.717) is 0 Å². The van der Waals surface area contributed by atoms with Crippen molar-refractivity contribution in [3.05, 3.63) is 11.1 Å². The van der Waals surface area contributed by atoms with Gasteiger partial charge in [0.25, 0.3) is 0 Å². The van der Waals surface area contributed by atoms with E-state index in [9.17, 15) is 0 Å². The minimum absolute atomic E-state index is 0.217. The van der Waals surface area contributed by atoms with Crippen molar-refractivity contribution >= 4 is 8.07 Å². The maximum absolute atomic E-state index is 3.43. The SMILES string of the molecule is C1=C2CCCNP12. The molecule has 0 amide bonds. The topological polar surface area (TPSA) is 12.0 Å². The predicted octanol–water partition coefficient (Wildman–Crippen LogP) is 1.62. The molecule has 0 radical (unpaired) electrons. The van der Waals surface area contributed by atoms with Crippen molar-refractivity contribution in [2.75, 3.05) is 6.54 Å². The van der Waals surface area contributed by atoms with Crippen LogP contribution in [0.25, 0.3) is 0 Å². The van der Waals surface area contributed by atoms with Gasteiger partial charge in [-0.1, -0.05) is 0 Å². The highest BCUT2D eigenvalue weighted by Gasteiger charge is 2.26. The van der Waals surface area contributed by atoms with Crippen LogP contribution in [0.15, 0.2) is 11.1 Å². The predicted molar refractivity (Wildman–Crippen MR) is 32.2 cm³/mol. The number of allylic oxidation sites excluding steroid dienone is 1. The summed E-state index contributed by atoms with van der Waals surface area (Å²) in [5.74, 6) is 2.38. The molecular formula is C5H8NP. The van der Waals surface area contributed by atoms with Crippen LogP contribution in [0.5, 0.6) is 0 Å². The van der Waals surface area contributed by atoms with Crippen LogP contribution in [0.2, 0.25) is 0 Å². The molecule has 1 saturated heterocycles. The second-order valence-corrected chi connectivity index (χ2v) is 3.89. The Kier molecular flexibility index (Phi) is 0.754. The maximum atomic E-state index is 3.43. The maximum Gasteiger partial charge on any atom is 0.0140 e. The minimum atomic E-state index is 0.217. The van der Waals surface area contributed by atoms with Gasteiger partial charge >= 0.3 is 0 Å². The molecule has 2 rings (SSSR count). The van der Waals surface area contributed by atoms with Crippen LogP contribution in [-0.4, -0.2) is 6.54 Å². The van der Waals surface area contributed by atoms with E-state index >= 15 is 0 Å². The Balaban J connectivity index is 2.02. The van der Waals surface area contributed by atoms with Crippen molar-refractivity contribution in [1.82, 2.24) is 5.09 Å². The van der Waals surface area contributed by atoms with Gasteiger partial charge in [-0.05, 0) is 30.5 Å². The summed E-state index contributed by atoms with van der Waals surface area (Å²) < 4.78 is 0. The van der Waals surface area contributed by atoms with Gasteiger partial charge in [-0.25, -0.2) is 0 Å². The van der Waals surface area contributed by atoms with Crippen LogP contribution in [-0.2, 0) is 0 Å². The van der Waals surface area contributed by atoms with Gasteiger partial charge in [-0.3, -0.25) is 5.09 Å². The van der Waals surface area contributed by atoms with Crippen molar-refractivity contribution in [3.8, 4) is 0 Å². The first-order chi connectivity index (χ1) is 3.47. The molecule has 0 aromatic heterocycles. The van der Waals surface area contributed by atoms with E-state index < -0.39 is 0 Å². The second-order valence-electron chi connectivity index (χ2n) is 2.00. The van der Waals surface area contributed by atoms with E-state index in [-0.39, 0.29) is 8.07 Å².